The van der Waals surface area contributed by atoms with Gasteiger partial charge in [-0.15, -0.1) is 0 Å². The Labute approximate surface area is 96.4 Å². The van der Waals surface area contributed by atoms with Crippen LogP contribution < -0.4 is 10.5 Å². The van der Waals surface area contributed by atoms with Crippen molar-refractivity contribution in [1.29, 1.82) is 0 Å². The average Bonchev–Trinajstić information content (AvgIpc) is 2.21. The fourth-order valence-electron chi connectivity index (χ4n) is 1.81. The Kier molecular flexibility index (Phi) is 4.00. The number of hydrogen-bond acceptors (Lipinski definition) is 2. The molecule has 1 aromatic rings. The van der Waals surface area contributed by atoms with E-state index in [4.69, 9.17) is 22.1 Å². The van der Waals surface area contributed by atoms with E-state index in [0.29, 0.717) is 6.54 Å². The van der Waals surface area contributed by atoms with Crippen LogP contribution in [0.1, 0.15) is 29.5 Å². The molecule has 1 aromatic carbocycles. The fraction of sp³-hybridized carbons (Fsp3) is 0.500. The van der Waals surface area contributed by atoms with Gasteiger partial charge in [-0.05, 0) is 37.4 Å². The minimum Gasteiger partial charge on any atom is -0.496 e. The van der Waals surface area contributed by atoms with Crippen molar-refractivity contribution in [1.82, 2.24) is 0 Å². The first-order valence-corrected chi connectivity index (χ1v) is 5.44. The van der Waals surface area contributed by atoms with Gasteiger partial charge in [-0.25, -0.2) is 0 Å². The lowest BCUT2D eigenvalue weighted by atomic mass is 9.95. The molecule has 15 heavy (non-hydrogen) atoms. The minimum atomic E-state index is 0.214. The summed E-state index contributed by atoms with van der Waals surface area (Å²) in [6.07, 6.45) is 0. The van der Waals surface area contributed by atoms with E-state index in [1.54, 1.807) is 7.11 Å². The van der Waals surface area contributed by atoms with Gasteiger partial charge >= 0.3 is 0 Å². The van der Waals surface area contributed by atoms with Crippen LogP contribution in [0.3, 0.4) is 0 Å². The van der Waals surface area contributed by atoms with Crippen molar-refractivity contribution in [3.05, 3.63) is 27.8 Å². The third-order valence-electron chi connectivity index (χ3n) is 2.67. The topological polar surface area (TPSA) is 35.2 Å². The maximum atomic E-state index is 6.29. The van der Waals surface area contributed by atoms with Crippen LogP contribution in [0.4, 0.5) is 0 Å². The molecule has 0 aliphatic heterocycles. The van der Waals surface area contributed by atoms with E-state index in [-0.39, 0.29) is 5.92 Å². The van der Waals surface area contributed by atoms with Crippen LogP contribution in [0.2, 0.25) is 5.02 Å². The lowest BCUT2D eigenvalue weighted by Gasteiger charge is -2.19. The standard InChI is InChI=1S/C12H18ClNO/c1-7-5-8(2)12(15-4)10(11(7)13)9(3)6-14/h5,9H,6,14H2,1-4H3. The highest BCUT2D eigenvalue weighted by atomic mass is 35.5. The van der Waals surface area contributed by atoms with Crippen LogP contribution in [0, 0.1) is 13.8 Å². The van der Waals surface area contributed by atoms with Crippen LogP contribution in [0.15, 0.2) is 6.07 Å². The predicted molar refractivity (Wildman–Crippen MR) is 64.9 cm³/mol. The smallest absolute Gasteiger partial charge is 0.126 e. The second kappa shape index (κ2) is 4.86. The SMILES string of the molecule is COc1c(C)cc(C)c(Cl)c1C(C)CN. The highest BCUT2D eigenvalue weighted by molar-refractivity contribution is 6.32. The lowest BCUT2D eigenvalue weighted by Crippen LogP contribution is -2.11. The molecule has 84 valence electrons. The van der Waals surface area contributed by atoms with Gasteiger partial charge in [0.25, 0.3) is 0 Å². The second-order valence-corrected chi connectivity index (χ2v) is 4.29. The van der Waals surface area contributed by atoms with E-state index in [1.807, 2.05) is 19.9 Å². The van der Waals surface area contributed by atoms with Crippen LogP contribution in [0.5, 0.6) is 5.75 Å². The summed E-state index contributed by atoms with van der Waals surface area (Å²) in [5.41, 5.74) is 8.89. The molecule has 0 radical (unpaired) electrons. The first kappa shape index (κ1) is 12.3. The molecular formula is C12H18ClNO. The van der Waals surface area contributed by atoms with Gasteiger partial charge in [-0.1, -0.05) is 24.6 Å². The number of rotatable bonds is 3. The van der Waals surface area contributed by atoms with Crippen LogP contribution in [0.25, 0.3) is 0 Å². The zero-order chi connectivity index (χ0) is 11.6. The Morgan fingerprint density at radius 2 is 2.00 bits per heavy atom. The molecule has 0 saturated carbocycles. The molecule has 0 aromatic heterocycles. The molecule has 1 unspecified atom stereocenters. The quantitative estimate of drug-likeness (QED) is 0.862. The molecule has 1 rings (SSSR count). The highest BCUT2D eigenvalue weighted by Gasteiger charge is 2.18. The van der Waals surface area contributed by atoms with Crippen molar-refractivity contribution in [2.75, 3.05) is 13.7 Å². The van der Waals surface area contributed by atoms with Gasteiger partial charge in [0.2, 0.25) is 0 Å². The van der Waals surface area contributed by atoms with E-state index in [1.165, 1.54) is 0 Å². The van der Waals surface area contributed by atoms with E-state index in [0.717, 1.165) is 27.5 Å². The van der Waals surface area contributed by atoms with E-state index < -0.39 is 0 Å². The molecule has 3 heteroatoms. The Bertz CT molecular complexity index is 363. The molecular weight excluding hydrogens is 210 g/mol. The average molecular weight is 228 g/mol. The molecule has 0 amide bonds. The Hall–Kier alpha value is -0.730. The van der Waals surface area contributed by atoms with Crippen LogP contribution in [-0.2, 0) is 0 Å². The molecule has 2 nitrogen and oxygen atoms in total. The number of hydrogen-bond donors (Lipinski definition) is 1. The van der Waals surface area contributed by atoms with E-state index in [9.17, 15) is 0 Å². The van der Waals surface area contributed by atoms with E-state index in [2.05, 4.69) is 6.92 Å². The number of nitrogens with two attached hydrogens (primary N) is 1. The summed E-state index contributed by atoms with van der Waals surface area (Å²) in [5.74, 6) is 1.08. The van der Waals surface area contributed by atoms with Crippen LogP contribution in [-0.4, -0.2) is 13.7 Å². The summed E-state index contributed by atoms with van der Waals surface area (Å²) in [6, 6.07) is 2.04. The summed E-state index contributed by atoms with van der Waals surface area (Å²) < 4.78 is 5.39. The third kappa shape index (κ3) is 2.27. The minimum absolute atomic E-state index is 0.214. The summed E-state index contributed by atoms with van der Waals surface area (Å²) in [5, 5.41) is 0.774. The molecule has 0 saturated heterocycles. The first-order chi connectivity index (χ1) is 7.02. The van der Waals surface area contributed by atoms with Gasteiger partial charge in [-0.2, -0.15) is 0 Å². The van der Waals surface area contributed by atoms with E-state index >= 15 is 0 Å². The Balaban J connectivity index is 3.43. The zero-order valence-corrected chi connectivity index (χ0v) is 10.5. The molecule has 0 aliphatic rings. The summed E-state index contributed by atoms with van der Waals surface area (Å²) >= 11 is 6.29. The van der Waals surface area contributed by atoms with Crippen molar-refractivity contribution in [3.8, 4) is 5.75 Å². The molecule has 0 aliphatic carbocycles. The number of benzene rings is 1. The maximum absolute atomic E-state index is 6.29. The van der Waals surface area contributed by atoms with Crippen molar-refractivity contribution < 1.29 is 4.74 Å². The number of aryl methyl sites for hydroxylation is 2. The Morgan fingerprint density at radius 1 is 1.40 bits per heavy atom. The van der Waals surface area contributed by atoms with Crippen molar-refractivity contribution >= 4 is 11.6 Å². The maximum Gasteiger partial charge on any atom is 0.126 e. The summed E-state index contributed by atoms with van der Waals surface area (Å²) in [4.78, 5) is 0. The summed E-state index contributed by atoms with van der Waals surface area (Å²) in [6.45, 7) is 6.65. The monoisotopic (exact) mass is 227 g/mol. The van der Waals surface area contributed by atoms with Gasteiger partial charge in [0.05, 0.1) is 12.1 Å². The third-order valence-corrected chi connectivity index (χ3v) is 3.17. The molecule has 0 heterocycles. The van der Waals surface area contributed by atoms with Gasteiger partial charge in [0, 0.05) is 5.56 Å². The summed E-state index contributed by atoms with van der Waals surface area (Å²) in [7, 11) is 1.67. The molecule has 0 spiro atoms. The molecule has 2 N–H and O–H groups in total. The van der Waals surface area contributed by atoms with Gasteiger partial charge in [0.1, 0.15) is 5.75 Å². The van der Waals surface area contributed by atoms with Gasteiger partial charge < -0.3 is 10.5 Å². The van der Waals surface area contributed by atoms with Gasteiger partial charge in [-0.3, -0.25) is 0 Å². The second-order valence-electron chi connectivity index (χ2n) is 3.91. The lowest BCUT2D eigenvalue weighted by molar-refractivity contribution is 0.403. The number of ether oxygens (including phenoxy) is 1. The number of methoxy groups -OCH3 is 1. The zero-order valence-electron chi connectivity index (χ0n) is 9.73. The predicted octanol–water partition coefficient (Wildman–Crippen LogP) is 3.03. The first-order valence-electron chi connectivity index (χ1n) is 5.06. The van der Waals surface area contributed by atoms with Crippen molar-refractivity contribution in [2.45, 2.75) is 26.7 Å². The molecule has 1 atom stereocenters. The van der Waals surface area contributed by atoms with Crippen molar-refractivity contribution in [3.63, 3.8) is 0 Å². The van der Waals surface area contributed by atoms with Crippen LogP contribution >= 0.6 is 11.6 Å². The molecule has 0 bridgehead atoms. The number of halogens is 1. The fourth-order valence-corrected chi connectivity index (χ4v) is 2.13. The molecule has 0 fully saturated rings. The van der Waals surface area contributed by atoms with Crippen molar-refractivity contribution in [2.24, 2.45) is 5.73 Å². The highest BCUT2D eigenvalue weighted by Crippen LogP contribution is 2.37. The van der Waals surface area contributed by atoms with Gasteiger partial charge in [0.15, 0.2) is 0 Å². The normalized spacial score (nSPS) is 12.7. The largest absolute Gasteiger partial charge is 0.496 e. The Morgan fingerprint density at radius 3 is 2.47 bits per heavy atom.